The molecular formula is C11H10ClF3N2. The lowest BCUT2D eigenvalue weighted by Gasteiger charge is -2.28. The predicted octanol–water partition coefficient (Wildman–Crippen LogP) is 3.40. The molecule has 17 heavy (non-hydrogen) atoms. The zero-order chi connectivity index (χ0) is 13.1. The smallest absolute Gasteiger partial charge is 0.279 e. The third-order valence-corrected chi connectivity index (χ3v) is 2.51. The van der Waals surface area contributed by atoms with E-state index in [9.17, 15) is 13.2 Å². The number of nitrogens with zero attached hydrogens (tertiary/aromatic N) is 2. The molecule has 6 heteroatoms. The third kappa shape index (κ3) is 3.62. The van der Waals surface area contributed by atoms with E-state index in [0.29, 0.717) is 5.02 Å². The number of hydrogen-bond acceptors (Lipinski definition) is 2. The quantitative estimate of drug-likeness (QED) is 0.781. The molecule has 1 aromatic carbocycles. The Morgan fingerprint density at radius 1 is 1.35 bits per heavy atom. The van der Waals surface area contributed by atoms with Crippen LogP contribution in [0, 0.1) is 11.3 Å². The lowest BCUT2D eigenvalue weighted by Crippen LogP contribution is -2.36. The van der Waals surface area contributed by atoms with Gasteiger partial charge in [-0.1, -0.05) is 23.7 Å². The van der Waals surface area contributed by atoms with E-state index in [1.54, 1.807) is 6.07 Å². The van der Waals surface area contributed by atoms with Gasteiger partial charge in [0.05, 0.1) is 12.6 Å². The van der Waals surface area contributed by atoms with Gasteiger partial charge < -0.3 is 0 Å². The molecule has 1 rings (SSSR count). The van der Waals surface area contributed by atoms with Crippen LogP contribution in [0.2, 0.25) is 5.02 Å². The van der Waals surface area contributed by atoms with Crippen LogP contribution >= 0.6 is 11.6 Å². The van der Waals surface area contributed by atoms with E-state index < -0.39 is 12.2 Å². The standard InChI is InChI=1S/C11H10ClF3N2/c1-17(7-6-16)10(11(13,14)15)8-2-4-9(12)5-3-8/h2-5,10H,7H2,1H3/t10-/m0/s1. The molecule has 0 spiro atoms. The minimum absolute atomic E-state index is 0.0691. The molecule has 0 saturated heterocycles. The highest BCUT2D eigenvalue weighted by molar-refractivity contribution is 6.30. The maximum absolute atomic E-state index is 12.9. The fraction of sp³-hybridized carbons (Fsp3) is 0.364. The topological polar surface area (TPSA) is 27.0 Å². The summed E-state index contributed by atoms with van der Waals surface area (Å²) in [6.45, 7) is -0.299. The van der Waals surface area contributed by atoms with Gasteiger partial charge in [-0.15, -0.1) is 0 Å². The Kier molecular flexibility index (Phi) is 4.38. The first kappa shape index (κ1) is 13.8. The molecule has 1 aromatic rings. The van der Waals surface area contributed by atoms with Crippen LogP contribution in [-0.2, 0) is 0 Å². The lowest BCUT2D eigenvalue weighted by atomic mass is 10.1. The maximum atomic E-state index is 12.9. The summed E-state index contributed by atoms with van der Waals surface area (Å²) in [6, 6.07) is 5.33. The van der Waals surface area contributed by atoms with Crippen LogP contribution in [-0.4, -0.2) is 24.7 Å². The minimum atomic E-state index is -4.43. The largest absolute Gasteiger partial charge is 0.408 e. The van der Waals surface area contributed by atoms with Crippen molar-refractivity contribution in [3.63, 3.8) is 0 Å². The summed E-state index contributed by atoms with van der Waals surface area (Å²) >= 11 is 5.62. The summed E-state index contributed by atoms with van der Waals surface area (Å²) in [6.07, 6.45) is -4.43. The molecule has 0 aliphatic rings. The van der Waals surface area contributed by atoms with Gasteiger partial charge in [0.2, 0.25) is 0 Å². The van der Waals surface area contributed by atoms with Gasteiger partial charge in [-0.2, -0.15) is 18.4 Å². The van der Waals surface area contributed by atoms with E-state index in [1.165, 1.54) is 31.3 Å². The van der Waals surface area contributed by atoms with Gasteiger partial charge in [0.1, 0.15) is 6.04 Å². The first-order valence-corrected chi connectivity index (χ1v) is 5.13. The summed E-state index contributed by atoms with van der Waals surface area (Å²) < 4.78 is 38.7. The zero-order valence-electron chi connectivity index (χ0n) is 9.00. The number of halogens is 4. The molecule has 92 valence electrons. The Bertz CT molecular complexity index is 408. The Morgan fingerprint density at radius 3 is 2.29 bits per heavy atom. The van der Waals surface area contributed by atoms with E-state index in [-0.39, 0.29) is 12.1 Å². The van der Waals surface area contributed by atoms with Crippen LogP contribution in [0.3, 0.4) is 0 Å². The Morgan fingerprint density at radius 2 is 1.88 bits per heavy atom. The van der Waals surface area contributed by atoms with Crippen molar-refractivity contribution in [3.05, 3.63) is 34.9 Å². The Labute approximate surface area is 102 Å². The molecule has 0 amide bonds. The fourth-order valence-electron chi connectivity index (χ4n) is 1.54. The van der Waals surface area contributed by atoms with Crippen LogP contribution in [0.15, 0.2) is 24.3 Å². The average Bonchev–Trinajstić information content (AvgIpc) is 2.19. The number of alkyl halides is 3. The van der Waals surface area contributed by atoms with E-state index in [4.69, 9.17) is 16.9 Å². The second kappa shape index (κ2) is 5.39. The van der Waals surface area contributed by atoms with Crippen molar-refractivity contribution in [1.82, 2.24) is 4.90 Å². The SMILES string of the molecule is CN(CC#N)[C@@H](c1ccc(Cl)cc1)C(F)(F)F. The summed E-state index contributed by atoms with van der Waals surface area (Å²) in [5, 5.41) is 8.83. The molecule has 0 N–H and O–H groups in total. The Hall–Kier alpha value is -1.25. The van der Waals surface area contributed by atoms with Crippen molar-refractivity contribution in [2.45, 2.75) is 12.2 Å². The molecule has 0 aliphatic heterocycles. The minimum Gasteiger partial charge on any atom is -0.279 e. The summed E-state index contributed by atoms with van der Waals surface area (Å²) in [7, 11) is 1.26. The van der Waals surface area contributed by atoms with Crippen LogP contribution in [0.4, 0.5) is 13.2 Å². The second-order valence-electron chi connectivity index (χ2n) is 3.57. The summed E-state index contributed by atoms with van der Waals surface area (Å²) in [5.41, 5.74) is 0.0691. The van der Waals surface area contributed by atoms with Crippen LogP contribution in [0.25, 0.3) is 0 Å². The van der Waals surface area contributed by atoms with Gasteiger partial charge in [-0.3, -0.25) is 4.90 Å². The monoisotopic (exact) mass is 262 g/mol. The van der Waals surface area contributed by atoms with Crippen molar-refractivity contribution in [2.75, 3.05) is 13.6 Å². The highest BCUT2D eigenvalue weighted by atomic mass is 35.5. The molecular weight excluding hydrogens is 253 g/mol. The van der Waals surface area contributed by atoms with Crippen molar-refractivity contribution in [1.29, 1.82) is 5.26 Å². The molecule has 0 saturated carbocycles. The van der Waals surface area contributed by atoms with E-state index in [1.807, 2.05) is 0 Å². The van der Waals surface area contributed by atoms with Crippen molar-refractivity contribution >= 4 is 11.6 Å². The summed E-state index contributed by atoms with van der Waals surface area (Å²) in [5.74, 6) is 0. The van der Waals surface area contributed by atoms with Gasteiger partial charge in [-0.25, -0.2) is 0 Å². The molecule has 0 bridgehead atoms. The highest BCUT2D eigenvalue weighted by Gasteiger charge is 2.43. The molecule has 0 aromatic heterocycles. The maximum Gasteiger partial charge on any atom is 0.408 e. The lowest BCUT2D eigenvalue weighted by molar-refractivity contribution is -0.181. The number of rotatable bonds is 3. The van der Waals surface area contributed by atoms with Gasteiger partial charge in [-0.05, 0) is 24.7 Å². The highest BCUT2D eigenvalue weighted by Crippen LogP contribution is 2.37. The van der Waals surface area contributed by atoms with Crippen molar-refractivity contribution in [2.24, 2.45) is 0 Å². The molecule has 0 aliphatic carbocycles. The summed E-state index contributed by atoms with van der Waals surface area (Å²) in [4.78, 5) is 0.948. The van der Waals surface area contributed by atoms with Gasteiger partial charge in [0.25, 0.3) is 0 Å². The van der Waals surface area contributed by atoms with Crippen molar-refractivity contribution < 1.29 is 13.2 Å². The number of benzene rings is 1. The molecule has 2 nitrogen and oxygen atoms in total. The van der Waals surface area contributed by atoms with Gasteiger partial charge in [0.15, 0.2) is 0 Å². The second-order valence-corrected chi connectivity index (χ2v) is 4.01. The first-order valence-electron chi connectivity index (χ1n) is 4.75. The van der Waals surface area contributed by atoms with Crippen LogP contribution in [0.5, 0.6) is 0 Å². The van der Waals surface area contributed by atoms with Crippen molar-refractivity contribution in [3.8, 4) is 6.07 Å². The number of hydrogen-bond donors (Lipinski definition) is 0. The normalized spacial score (nSPS) is 13.5. The molecule has 0 unspecified atom stereocenters. The average molecular weight is 263 g/mol. The molecule has 0 heterocycles. The molecule has 0 fully saturated rings. The fourth-order valence-corrected chi connectivity index (χ4v) is 1.67. The Balaban J connectivity index is 3.07. The van der Waals surface area contributed by atoms with E-state index in [0.717, 1.165) is 4.90 Å². The molecule has 1 atom stereocenters. The van der Waals surface area contributed by atoms with Crippen LogP contribution in [0.1, 0.15) is 11.6 Å². The first-order chi connectivity index (χ1) is 7.86. The zero-order valence-corrected chi connectivity index (χ0v) is 9.76. The van der Waals surface area contributed by atoms with Crippen LogP contribution < -0.4 is 0 Å². The predicted molar refractivity (Wildman–Crippen MR) is 58.5 cm³/mol. The molecule has 0 radical (unpaired) electrons. The number of nitriles is 1. The van der Waals surface area contributed by atoms with Gasteiger partial charge in [0, 0.05) is 5.02 Å². The van der Waals surface area contributed by atoms with E-state index >= 15 is 0 Å². The van der Waals surface area contributed by atoms with E-state index in [2.05, 4.69) is 0 Å². The van der Waals surface area contributed by atoms with Gasteiger partial charge >= 0.3 is 6.18 Å². The third-order valence-electron chi connectivity index (χ3n) is 2.26.